The van der Waals surface area contributed by atoms with Crippen LogP contribution in [0.15, 0.2) is 0 Å². The average Bonchev–Trinajstić information content (AvgIpc) is 2.32. The summed E-state index contributed by atoms with van der Waals surface area (Å²) in [4.78, 5) is 22.1. The third-order valence-electron chi connectivity index (χ3n) is 3.22. The maximum atomic E-state index is 11.3. The number of alkyl carbamates (subject to hydrolysis) is 1. The molecule has 0 bridgehead atoms. The number of amides is 1. The van der Waals surface area contributed by atoms with E-state index in [1.807, 2.05) is 0 Å². The highest BCUT2D eigenvalue weighted by Crippen LogP contribution is 2.32. The number of methoxy groups -OCH3 is 2. The van der Waals surface area contributed by atoms with Gasteiger partial charge in [0.1, 0.15) is 6.04 Å². The van der Waals surface area contributed by atoms with Gasteiger partial charge in [0.2, 0.25) is 5.54 Å². The second-order valence-corrected chi connectivity index (χ2v) is 4.44. The van der Waals surface area contributed by atoms with Gasteiger partial charge in [-0.2, -0.15) is 0 Å². The molecule has 0 aliphatic carbocycles. The summed E-state index contributed by atoms with van der Waals surface area (Å²) in [5.74, 6) is 0. The second-order valence-electron chi connectivity index (χ2n) is 4.44. The van der Waals surface area contributed by atoms with Crippen molar-refractivity contribution in [2.24, 2.45) is 0 Å². The van der Waals surface area contributed by atoms with Crippen LogP contribution in [0.2, 0.25) is 0 Å². The van der Waals surface area contributed by atoms with Gasteiger partial charge in [-0.25, -0.2) is 4.79 Å². The fraction of sp³-hybridized carbons (Fsp3) is 0.900. The van der Waals surface area contributed by atoms with Crippen molar-refractivity contribution in [3.8, 4) is 0 Å². The molecule has 1 fully saturated rings. The summed E-state index contributed by atoms with van der Waals surface area (Å²) in [6.45, 7) is 3.10. The maximum absolute atomic E-state index is 11.3. The van der Waals surface area contributed by atoms with Crippen molar-refractivity contribution in [2.45, 2.75) is 44.2 Å². The molecule has 1 aliphatic heterocycles. The molecule has 0 aromatic rings. The summed E-state index contributed by atoms with van der Waals surface area (Å²) in [5, 5.41) is 13.7. The SMILES string of the molecule is COC(=O)NC1C(C)OC(OC)CC1(C)[N+](=O)[O-]. The van der Waals surface area contributed by atoms with Crippen LogP contribution < -0.4 is 5.32 Å². The number of ether oxygens (including phenoxy) is 3. The zero-order valence-corrected chi connectivity index (χ0v) is 10.8. The first-order chi connectivity index (χ1) is 8.35. The van der Waals surface area contributed by atoms with Gasteiger partial charge in [0, 0.05) is 19.0 Å². The van der Waals surface area contributed by atoms with E-state index >= 15 is 0 Å². The van der Waals surface area contributed by atoms with Gasteiger partial charge in [-0.15, -0.1) is 0 Å². The van der Waals surface area contributed by atoms with Gasteiger partial charge in [0.05, 0.1) is 19.6 Å². The number of carbonyl (C=O) groups excluding carboxylic acids is 1. The van der Waals surface area contributed by atoms with Crippen LogP contribution in [0.4, 0.5) is 4.79 Å². The number of hydrogen-bond donors (Lipinski definition) is 1. The highest BCUT2D eigenvalue weighted by atomic mass is 16.7. The Morgan fingerprint density at radius 3 is 2.61 bits per heavy atom. The lowest BCUT2D eigenvalue weighted by molar-refractivity contribution is -0.584. The van der Waals surface area contributed by atoms with Crippen molar-refractivity contribution in [3.63, 3.8) is 0 Å². The van der Waals surface area contributed by atoms with Gasteiger partial charge >= 0.3 is 6.09 Å². The van der Waals surface area contributed by atoms with Crippen molar-refractivity contribution in [1.29, 1.82) is 0 Å². The van der Waals surface area contributed by atoms with Crippen LogP contribution in [0, 0.1) is 10.1 Å². The lowest BCUT2D eigenvalue weighted by Crippen LogP contribution is -2.65. The molecule has 1 aliphatic rings. The highest BCUT2D eigenvalue weighted by molar-refractivity contribution is 5.67. The standard InChI is InChI=1S/C10H18N2O6/c1-6-8(11-9(13)17-4)10(2,12(14)15)5-7(16-3)18-6/h6-8H,5H2,1-4H3,(H,11,13). The number of hydrogen-bond acceptors (Lipinski definition) is 6. The molecule has 0 spiro atoms. The van der Waals surface area contributed by atoms with E-state index in [-0.39, 0.29) is 6.42 Å². The molecule has 8 nitrogen and oxygen atoms in total. The monoisotopic (exact) mass is 262 g/mol. The van der Waals surface area contributed by atoms with E-state index in [0.29, 0.717) is 0 Å². The number of nitrogens with one attached hydrogen (secondary N) is 1. The third kappa shape index (κ3) is 2.70. The Balaban J connectivity index is 2.96. The number of nitrogens with zero attached hydrogens (tertiary/aromatic N) is 1. The molecule has 1 rings (SSSR count). The molecule has 0 saturated carbocycles. The zero-order chi connectivity index (χ0) is 13.9. The molecular formula is C10H18N2O6. The molecule has 1 heterocycles. The third-order valence-corrected chi connectivity index (χ3v) is 3.22. The van der Waals surface area contributed by atoms with Crippen LogP contribution in [-0.2, 0) is 14.2 Å². The normalized spacial score (nSPS) is 35.9. The van der Waals surface area contributed by atoms with Gasteiger partial charge in [-0.3, -0.25) is 10.1 Å². The van der Waals surface area contributed by atoms with Crippen LogP contribution in [0.5, 0.6) is 0 Å². The van der Waals surface area contributed by atoms with Crippen molar-refractivity contribution >= 4 is 6.09 Å². The second kappa shape index (κ2) is 5.49. The lowest BCUT2D eigenvalue weighted by atomic mass is 9.83. The smallest absolute Gasteiger partial charge is 0.407 e. The van der Waals surface area contributed by atoms with Crippen LogP contribution in [0.3, 0.4) is 0 Å². The summed E-state index contributed by atoms with van der Waals surface area (Å²) in [5.41, 5.74) is -1.37. The molecular weight excluding hydrogens is 244 g/mol. The molecule has 104 valence electrons. The summed E-state index contributed by atoms with van der Waals surface area (Å²) < 4.78 is 14.9. The van der Waals surface area contributed by atoms with Gasteiger partial charge in [0.25, 0.3) is 0 Å². The van der Waals surface area contributed by atoms with Gasteiger partial charge in [-0.1, -0.05) is 0 Å². The molecule has 0 aromatic carbocycles. The Morgan fingerprint density at radius 1 is 1.56 bits per heavy atom. The molecule has 4 atom stereocenters. The summed E-state index contributed by atoms with van der Waals surface area (Å²) >= 11 is 0. The fourth-order valence-corrected chi connectivity index (χ4v) is 2.12. The molecule has 1 N–H and O–H groups in total. The largest absolute Gasteiger partial charge is 0.453 e. The van der Waals surface area contributed by atoms with Crippen molar-refractivity contribution in [3.05, 3.63) is 10.1 Å². The van der Waals surface area contributed by atoms with Crippen LogP contribution in [-0.4, -0.2) is 49.2 Å². The quantitative estimate of drug-likeness (QED) is 0.588. The molecule has 0 radical (unpaired) electrons. The lowest BCUT2D eigenvalue weighted by Gasteiger charge is -2.41. The van der Waals surface area contributed by atoms with E-state index in [4.69, 9.17) is 9.47 Å². The minimum absolute atomic E-state index is 0.0511. The maximum Gasteiger partial charge on any atom is 0.407 e. The molecule has 1 saturated heterocycles. The molecule has 0 aromatic heterocycles. The summed E-state index contributed by atoms with van der Waals surface area (Å²) in [6, 6.07) is -0.786. The van der Waals surface area contributed by atoms with Crippen LogP contribution >= 0.6 is 0 Å². The average molecular weight is 262 g/mol. The molecule has 18 heavy (non-hydrogen) atoms. The first-order valence-electron chi connectivity index (χ1n) is 5.52. The van der Waals surface area contributed by atoms with E-state index in [0.717, 1.165) is 0 Å². The highest BCUT2D eigenvalue weighted by Gasteiger charge is 2.55. The van der Waals surface area contributed by atoms with Gasteiger partial charge in [-0.05, 0) is 6.92 Å². The van der Waals surface area contributed by atoms with Crippen molar-refractivity contribution in [1.82, 2.24) is 5.32 Å². The molecule has 4 unspecified atom stereocenters. The number of rotatable bonds is 3. The van der Waals surface area contributed by atoms with Crippen molar-refractivity contribution in [2.75, 3.05) is 14.2 Å². The summed E-state index contributed by atoms with van der Waals surface area (Å²) in [6.07, 6.45) is -1.89. The van der Waals surface area contributed by atoms with Crippen molar-refractivity contribution < 1.29 is 23.9 Å². The van der Waals surface area contributed by atoms with Gasteiger partial charge < -0.3 is 19.5 Å². The number of nitro groups is 1. The van der Waals surface area contributed by atoms with Crippen LogP contribution in [0.1, 0.15) is 20.3 Å². The summed E-state index contributed by atoms with van der Waals surface area (Å²) in [7, 11) is 2.62. The predicted octanol–water partition coefficient (Wildman–Crippen LogP) is 0.528. The molecule has 1 amide bonds. The van der Waals surface area contributed by atoms with E-state index < -0.39 is 35.0 Å². The van der Waals surface area contributed by atoms with E-state index in [1.165, 1.54) is 21.1 Å². The zero-order valence-electron chi connectivity index (χ0n) is 10.8. The Morgan fingerprint density at radius 2 is 2.17 bits per heavy atom. The first-order valence-corrected chi connectivity index (χ1v) is 5.52. The number of carbonyl (C=O) groups is 1. The van der Waals surface area contributed by atoms with Crippen LogP contribution in [0.25, 0.3) is 0 Å². The Labute approximate surface area is 105 Å². The van der Waals surface area contributed by atoms with E-state index in [1.54, 1.807) is 6.92 Å². The molecule has 8 heteroatoms. The topological polar surface area (TPSA) is 99.9 Å². The van der Waals surface area contributed by atoms with E-state index in [9.17, 15) is 14.9 Å². The minimum atomic E-state index is -1.37. The Kier molecular flexibility index (Phi) is 4.47. The van der Waals surface area contributed by atoms with E-state index in [2.05, 4.69) is 10.1 Å². The Hall–Kier alpha value is -1.41. The minimum Gasteiger partial charge on any atom is -0.453 e. The van der Waals surface area contributed by atoms with Gasteiger partial charge in [0.15, 0.2) is 6.29 Å². The Bertz CT molecular complexity index is 336. The first kappa shape index (κ1) is 14.7. The predicted molar refractivity (Wildman–Crippen MR) is 60.7 cm³/mol. The fourth-order valence-electron chi connectivity index (χ4n) is 2.12.